The van der Waals surface area contributed by atoms with Gasteiger partial charge in [-0.1, -0.05) is 18.2 Å². The van der Waals surface area contributed by atoms with Crippen LogP contribution in [0.2, 0.25) is 0 Å². The zero-order valence-electron chi connectivity index (χ0n) is 12.3. The van der Waals surface area contributed by atoms with Gasteiger partial charge in [0.05, 0.1) is 0 Å². The van der Waals surface area contributed by atoms with Crippen LogP contribution >= 0.6 is 0 Å². The molecule has 3 rings (SSSR count). The number of rotatable bonds is 4. The summed E-state index contributed by atoms with van der Waals surface area (Å²) in [5.41, 5.74) is 2.10. The van der Waals surface area contributed by atoms with Crippen LogP contribution in [0.4, 0.5) is 0 Å². The lowest BCUT2D eigenvalue weighted by molar-refractivity contribution is 0.179. The molecule has 1 heterocycles. The van der Waals surface area contributed by atoms with Crippen LogP contribution in [0.1, 0.15) is 45.6 Å². The summed E-state index contributed by atoms with van der Waals surface area (Å²) >= 11 is 0. The van der Waals surface area contributed by atoms with E-state index in [1.54, 1.807) is 0 Å². The highest BCUT2D eigenvalue weighted by atomic mass is 16.5. The monoisotopic (exact) mass is 259 g/mol. The van der Waals surface area contributed by atoms with E-state index in [1.165, 1.54) is 24.8 Å². The van der Waals surface area contributed by atoms with Gasteiger partial charge in [0.25, 0.3) is 0 Å². The van der Waals surface area contributed by atoms with Gasteiger partial charge in [-0.3, -0.25) is 0 Å². The first-order chi connectivity index (χ1) is 8.96. The van der Waals surface area contributed by atoms with Crippen LogP contribution in [0.5, 0.6) is 5.75 Å². The second-order valence-corrected chi connectivity index (χ2v) is 7.36. The minimum atomic E-state index is 0.217. The maximum absolute atomic E-state index is 6.09. The maximum Gasteiger partial charge on any atom is 0.123 e. The molecule has 1 aliphatic heterocycles. The van der Waals surface area contributed by atoms with Gasteiger partial charge >= 0.3 is 0 Å². The first-order valence-corrected chi connectivity index (χ1v) is 7.45. The van der Waals surface area contributed by atoms with Gasteiger partial charge in [-0.15, -0.1) is 0 Å². The molecule has 1 atom stereocenters. The lowest BCUT2D eigenvalue weighted by Crippen LogP contribution is -2.40. The fraction of sp³-hybridized carbons (Fsp3) is 0.647. The van der Waals surface area contributed by atoms with Crippen molar-refractivity contribution in [3.8, 4) is 5.75 Å². The minimum absolute atomic E-state index is 0.217. The highest BCUT2D eigenvalue weighted by molar-refractivity contribution is 5.37. The van der Waals surface area contributed by atoms with Gasteiger partial charge < -0.3 is 10.1 Å². The van der Waals surface area contributed by atoms with E-state index in [1.807, 2.05) is 0 Å². The van der Waals surface area contributed by atoms with Crippen LogP contribution in [0.15, 0.2) is 24.3 Å². The number of hydrogen-bond donors (Lipinski definition) is 1. The van der Waals surface area contributed by atoms with Crippen LogP contribution in [0.25, 0.3) is 0 Å². The fourth-order valence-electron chi connectivity index (χ4n) is 2.93. The molecule has 19 heavy (non-hydrogen) atoms. The summed E-state index contributed by atoms with van der Waals surface area (Å²) in [6.45, 7) is 7.85. The van der Waals surface area contributed by atoms with E-state index in [0.29, 0.717) is 11.5 Å². The Kier molecular flexibility index (Phi) is 3.09. The summed E-state index contributed by atoms with van der Waals surface area (Å²) in [6.07, 6.45) is 5.39. The van der Waals surface area contributed by atoms with E-state index < -0.39 is 0 Å². The summed E-state index contributed by atoms with van der Waals surface area (Å²) in [4.78, 5) is 0. The van der Waals surface area contributed by atoms with E-state index in [9.17, 15) is 0 Å². The molecule has 104 valence electrons. The summed E-state index contributed by atoms with van der Waals surface area (Å²) in [5.74, 6) is 1.10. The Morgan fingerprint density at radius 1 is 1.26 bits per heavy atom. The van der Waals surface area contributed by atoms with Crippen LogP contribution in [-0.2, 0) is 6.42 Å². The molecule has 0 spiro atoms. The molecule has 1 aliphatic carbocycles. The molecule has 1 fully saturated rings. The molecule has 1 aromatic rings. The predicted octanol–water partition coefficient (Wildman–Crippen LogP) is 3.55. The lowest BCUT2D eigenvalue weighted by Gasteiger charge is -2.26. The zero-order chi connectivity index (χ0) is 13.5. The minimum Gasteiger partial charge on any atom is -0.490 e. The fourth-order valence-corrected chi connectivity index (χ4v) is 2.93. The van der Waals surface area contributed by atoms with Crippen molar-refractivity contribution in [1.29, 1.82) is 0 Å². The normalized spacial score (nSPS) is 23.8. The Labute approximate surface area is 116 Å². The van der Waals surface area contributed by atoms with Crippen LogP contribution < -0.4 is 10.1 Å². The molecule has 0 amide bonds. The van der Waals surface area contributed by atoms with Crippen molar-refractivity contribution in [2.24, 2.45) is 5.41 Å². The number of hydrogen-bond acceptors (Lipinski definition) is 2. The molecule has 2 aliphatic rings. The third-order valence-corrected chi connectivity index (χ3v) is 4.33. The standard InChI is InChI=1S/C17H25NO/c1-16(2,3)18-12-17(8-9-17)11-14-10-13-6-4-5-7-15(13)19-14/h4-7,14,18H,8-12H2,1-3H3. The average molecular weight is 259 g/mol. The summed E-state index contributed by atoms with van der Waals surface area (Å²) < 4.78 is 6.09. The van der Waals surface area contributed by atoms with Gasteiger partial charge in [0.15, 0.2) is 0 Å². The SMILES string of the molecule is CC(C)(C)NCC1(CC2Cc3ccccc3O2)CC1. The van der Waals surface area contributed by atoms with Crippen molar-refractivity contribution in [2.75, 3.05) is 6.54 Å². The Balaban J connectivity index is 1.56. The average Bonchev–Trinajstić information content (AvgIpc) is 2.97. The van der Waals surface area contributed by atoms with E-state index in [2.05, 4.69) is 50.4 Å². The number of benzene rings is 1. The molecule has 1 unspecified atom stereocenters. The number of ether oxygens (including phenoxy) is 1. The second-order valence-electron chi connectivity index (χ2n) is 7.36. The van der Waals surface area contributed by atoms with E-state index >= 15 is 0 Å². The molecule has 1 N–H and O–H groups in total. The predicted molar refractivity (Wildman–Crippen MR) is 78.6 cm³/mol. The Morgan fingerprint density at radius 2 is 2.00 bits per heavy atom. The Hall–Kier alpha value is -1.02. The van der Waals surface area contributed by atoms with Crippen molar-refractivity contribution in [3.05, 3.63) is 29.8 Å². The topological polar surface area (TPSA) is 21.3 Å². The summed E-state index contributed by atoms with van der Waals surface area (Å²) in [7, 11) is 0. The van der Waals surface area contributed by atoms with E-state index in [0.717, 1.165) is 18.7 Å². The summed E-state index contributed by atoms with van der Waals surface area (Å²) in [6, 6.07) is 8.47. The van der Waals surface area contributed by atoms with Gasteiger partial charge in [-0.25, -0.2) is 0 Å². The molecule has 2 nitrogen and oxygen atoms in total. The first-order valence-electron chi connectivity index (χ1n) is 7.45. The van der Waals surface area contributed by atoms with Crippen LogP contribution in [0, 0.1) is 5.41 Å². The molecule has 0 bridgehead atoms. The van der Waals surface area contributed by atoms with Gasteiger partial charge in [-0.2, -0.15) is 0 Å². The molecule has 0 saturated heterocycles. The largest absolute Gasteiger partial charge is 0.490 e. The highest BCUT2D eigenvalue weighted by Gasteiger charge is 2.45. The molecule has 0 aromatic heterocycles. The van der Waals surface area contributed by atoms with Gasteiger partial charge in [-0.05, 0) is 57.1 Å². The van der Waals surface area contributed by atoms with Gasteiger partial charge in [0.2, 0.25) is 0 Å². The maximum atomic E-state index is 6.09. The third kappa shape index (κ3) is 3.11. The molecule has 2 heteroatoms. The Bertz CT molecular complexity index is 432. The number of nitrogens with one attached hydrogen (secondary N) is 1. The van der Waals surface area contributed by atoms with E-state index in [4.69, 9.17) is 4.74 Å². The highest BCUT2D eigenvalue weighted by Crippen LogP contribution is 2.51. The van der Waals surface area contributed by atoms with Crippen molar-refractivity contribution in [2.45, 2.75) is 58.1 Å². The first kappa shape index (κ1) is 13.0. The van der Waals surface area contributed by atoms with Gasteiger partial charge in [0.1, 0.15) is 11.9 Å². The second kappa shape index (κ2) is 4.52. The van der Waals surface area contributed by atoms with Crippen molar-refractivity contribution in [3.63, 3.8) is 0 Å². The van der Waals surface area contributed by atoms with Crippen LogP contribution in [-0.4, -0.2) is 18.2 Å². The van der Waals surface area contributed by atoms with Crippen LogP contribution in [0.3, 0.4) is 0 Å². The van der Waals surface area contributed by atoms with Crippen molar-refractivity contribution < 1.29 is 4.74 Å². The summed E-state index contributed by atoms with van der Waals surface area (Å²) in [5, 5.41) is 3.66. The smallest absolute Gasteiger partial charge is 0.123 e. The number of fused-ring (bicyclic) bond motifs is 1. The molecule has 1 aromatic carbocycles. The third-order valence-electron chi connectivity index (χ3n) is 4.33. The molecular formula is C17H25NO. The quantitative estimate of drug-likeness (QED) is 0.893. The lowest BCUT2D eigenvalue weighted by atomic mass is 9.94. The van der Waals surface area contributed by atoms with Crippen molar-refractivity contribution in [1.82, 2.24) is 5.32 Å². The van der Waals surface area contributed by atoms with E-state index in [-0.39, 0.29) is 5.54 Å². The van der Waals surface area contributed by atoms with Gasteiger partial charge in [0, 0.05) is 18.5 Å². The molecule has 1 saturated carbocycles. The molecule has 0 radical (unpaired) electrons. The number of para-hydroxylation sites is 1. The van der Waals surface area contributed by atoms with Crippen molar-refractivity contribution >= 4 is 0 Å². The molecular weight excluding hydrogens is 234 g/mol. The Morgan fingerprint density at radius 3 is 2.63 bits per heavy atom. The zero-order valence-corrected chi connectivity index (χ0v) is 12.3.